The predicted octanol–water partition coefficient (Wildman–Crippen LogP) is 3.21. The van der Waals surface area contributed by atoms with Crippen LogP contribution in [0.3, 0.4) is 0 Å². The third-order valence-corrected chi connectivity index (χ3v) is 2.97. The standard InChI is InChI=1S/C13H26O3/c1-12(13(15)16)10-8-6-4-2-3-5-7-9-11-14/h12,14H,2-11H2,1H3,(H,15,16). The van der Waals surface area contributed by atoms with Gasteiger partial charge in [-0.25, -0.2) is 0 Å². The maximum absolute atomic E-state index is 10.5. The van der Waals surface area contributed by atoms with Gasteiger partial charge in [-0.3, -0.25) is 4.79 Å². The Labute approximate surface area is 98.9 Å². The summed E-state index contributed by atoms with van der Waals surface area (Å²) in [4.78, 5) is 10.5. The van der Waals surface area contributed by atoms with Crippen molar-refractivity contribution in [1.82, 2.24) is 0 Å². The van der Waals surface area contributed by atoms with Crippen LogP contribution in [0, 0.1) is 5.92 Å². The van der Waals surface area contributed by atoms with Crippen LogP contribution in [0.1, 0.15) is 64.7 Å². The molecule has 0 rings (SSSR count). The molecular weight excluding hydrogens is 204 g/mol. The van der Waals surface area contributed by atoms with Crippen molar-refractivity contribution in [2.24, 2.45) is 5.92 Å². The van der Waals surface area contributed by atoms with Gasteiger partial charge in [-0.05, 0) is 12.8 Å². The molecule has 0 amide bonds. The quantitative estimate of drug-likeness (QED) is 0.536. The van der Waals surface area contributed by atoms with E-state index in [0.29, 0.717) is 6.61 Å². The van der Waals surface area contributed by atoms with E-state index in [1.54, 1.807) is 6.92 Å². The fourth-order valence-electron chi connectivity index (χ4n) is 1.75. The average Bonchev–Trinajstić information content (AvgIpc) is 2.26. The molecule has 0 saturated carbocycles. The molecule has 0 bridgehead atoms. The number of rotatable bonds is 11. The van der Waals surface area contributed by atoms with Crippen LogP contribution in [0.25, 0.3) is 0 Å². The Balaban J connectivity index is 3.07. The van der Waals surface area contributed by atoms with E-state index in [9.17, 15) is 4.79 Å². The SMILES string of the molecule is CC(CCCCCCCCCCO)C(=O)O. The Morgan fingerprint density at radius 1 is 0.938 bits per heavy atom. The first-order chi connectivity index (χ1) is 7.68. The summed E-state index contributed by atoms with van der Waals surface area (Å²) in [5, 5.41) is 17.3. The molecule has 0 aliphatic rings. The summed E-state index contributed by atoms with van der Waals surface area (Å²) in [6, 6.07) is 0. The minimum atomic E-state index is -0.677. The molecule has 0 aromatic rings. The molecule has 0 heterocycles. The van der Waals surface area contributed by atoms with Crippen molar-refractivity contribution in [2.45, 2.75) is 64.7 Å². The molecule has 0 aromatic carbocycles. The zero-order chi connectivity index (χ0) is 12.2. The van der Waals surface area contributed by atoms with Gasteiger partial charge in [-0.2, -0.15) is 0 Å². The van der Waals surface area contributed by atoms with Crippen LogP contribution >= 0.6 is 0 Å². The van der Waals surface area contributed by atoms with Gasteiger partial charge in [-0.1, -0.05) is 51.9 Å². The molecule has 0 aromatic heterocycles. The van der Waals surface area contributed by atoms with Crippen LogP contribution in [-0.4, -0.2) is 22.8 Å². The van der Waals surface area contributed by atoms with Gasteiger partial charge in [0, 0.05) is 6.61 Å². The van der Waals surface area contributed by atoms with Crippen LogP contribution in [0.2, 0.25) is 0 Å². The summed E-state index contributed by atoms with van der Waals surface area (Å²) >= 11 is 0. The van der Waals surface area contributed by atoms with Crippen molar-refractivity contribution in [1.29, 1.82) is 0 Å². The number of carboxylic acid groups (broad SMARTS) is 1. The number of carbonyl (C=O) groups is 1. The van der Waals surface area contributed by atoms with Gasteiger partial charge in [-0.15, -0.1) is 0 Å². The molecule has 0 aliphatic carbocycles. The summed E-state index contributed by atoms with van der Waals surface area (Å²) in [5.74, 6) is -0.867. The molecule has 1 atom stereocenters. The van der Waals surface area contributed by atoms with E-state index in [2.05, 4.69) is 0 Å². The molecule has 16 heavy (non-hydrogen) atoms. The molecule has 0 spiro atoms. The lowest BCUT2D eigenvalue weighted by atomic mass is 10.0. The lowest BCUT2D eigenvalue weighted by Crippen LogP contribution is -2.08. The molecule has 1 unspecified atom stereocenters. The third-order valence-electron chi connectivity index (χ3n) is 2.97. The Morgan fingerprint density at radius 2 is 1.38 bits per heavy atom. The molecule has 0 saturated heterocycles. The Hall–Kier alpha value is -0.570. The number of aliphatic carboxylic acids is 1. The Morgan fingerprint density at radius 3 is 1.81 bits per heavy atom. The normalized spacial score (nSPS) is 12.6. The second-order valence-corrected chi connectivity index (χ2v) is 4.58. The molecule has 2 N–H and O–H groups in total. The summed E-state index contributed by atoms with van der Waals surface area (Å²) in [7, 11) is 0. The first-order valence-corrected chi connectivity index (χ1v) is 6.52. The lowest BCUT2D eigenvalue weighted by Gasteiger charge is -2.05. The van der Waals surface area contributed by atoms with Crippen molar-refractivity contribution in [3.8, 4) is 0 Å². The molecule has 3 nitrogen and oxygen atoms in total. The minimum Gasteiger partial charge on any atom is -0.481 e. The van der Waals surface area contributed by atoms with E-state index >= 15 is 0 Å². The topological polar surface area (TPSA) is 57.5 Å². The molecule has 96 valence electrons. The van der Waals surface area contributed by atoms with E-state index in [4.69, 9.17) is 10.2 Å². The highest BCUT2D eigenvalue weighted by atomic mass is 16.4. The van der Waals surface area contributed by atoms with Crippen LogP contribution in [-0.2, 0) is 4.79 Å². The number of hydrogen-bond donors (Lipinski definition) is 2. The number of carboxylic acids is 1. The minimum absolute atomic E-state index is 0.190. The van der Waals surface area contributed by atoms with Crippen LogP contribution in [0.15, 0.2) is 0 Å². The maximum atomic E-state index is 10.5. The van der Waals surface area contributed by atoms with Gasteiger partial charge >= 0.3 is 5.97 Å². The van der Waals surface area contributed by atoms with Crippen LogP contribution in [0.4, 0.5) is 0 Å². The van der Waals surface area contributed by atoms with Crippen molar-refractivity contribution in [3.05, 3.63) is 0 Å². The predicted molar refractivity (Wildman–Crippen MR) is 65.4 cm³/mol. The first-order valence-electron chi connectivity index (χ1n) is 6.52. The summed E-state index contributed by atoms with van der Waals surface area (Å²) < 4.78 is 0. The van der Waals surface area contributed by atoms with E-state index in [1.807, 2.05) is 0 Å². The number of hydrogen-bond acceptors (Lipinski definition) is 2. The van der Waals surface area contributed by atoms with Gasteiger partial charge < -0.3 is 10.2 Å². The fraction of sp³-hybridized carbons (Fsp3) is 0.923. The third kappa shape index (κ3) is 9.97. The molecule has 0 radical (unpaired) electrons. The highest BCUT2D eigenvalue weighted by Crippen LogP contribution is 2.12. The van der Waals surface area contributed by atoms with Gasteiger partial charge in [0.1, 0.15) is 0 Å². The van der Waals surface area contributed by atoms with Crippen molar-refractivity contribution < 1.29 is 15.0 Å². The summed E-state index contributed by atoms with van der Waals surface area (Å²) in [5.41, 5.74) is 0. The van der Waals surface area contributed by atoms with Crippen LogP contribution < -0.4 is 0 Å². The van der Waals surface area contributed by atoms with Crippen LogP contribution in [0.5, 0.6) is 0 Å². The van der Waals surface area contributed by atoms with Gasteiger partial charge in [0.15, 0.2) is 0 Å². The van der Waals surface area contributed by atoms with Crippen molar-refractivity contribution in [3.63, 3.8) is 0 Å². The van der Waals surface area contributed by atoms with Gasteiger partial charge in [0.05, 0.1) is 5.92 Å². The smallest absolute Gasteiger partial charge is 0.306 e. The average molecular weight is 230 g/mol. The van der Waals surface area contributed by atoms with Crippen molar-refractivity contribution in [2.75, 3.05) is 6.61 Å². The largest absolute Gasteiger partial charge is 0.481 e. The zero-order valence-corrected chi connectivity index (χ0v) is 10.5. The Bertz CT molecular complexity index is 169. The number of aliphatic hydroxyl groups excluding tert-OH is 1. The van der Waals surface area contributed by atoms with E-state index in [-0.39, 0.29) is 5.92 Å². The van der Waals surface area contributed by atoms with E-state index in [0.717, 1.165) is 32.1 Å². The highest BCUT2D eigenvalue weighted by molar-refractivity contribution is 5.69. The first kappa shape index (κ1) is 15.4. The molecule has 3 heteroatoms. The highest BCUT2D eigenvalue weighted by Gasteiger charge is 2.09. The maximum Gasteiger partial charge on any atom is 0.306 e. The summed E-state index contributed by atoms with van der Waals surface area (Å²) in [6.45, 7) is 2.09. The second kappa shape index (κ2) is 10.9. The van der Waals surface area contributed by atoms with E-state index in [1.165, 1.54) is 25.7 Å². The van der Waals surface area contributed by atoms with Gasteiger partial charge in [0.2, 0.25) is 0 Å². The number of aliphatic hydroxyl groups is 1. The fourth-order valence-corrected chi connectivity index (χ4v) is 1.75. The lowest BCUT2D eigenvalue weighted by molar-refractivity contribution is -0.141. The monoisotopic (exact) mass is 230 g/mol. The Kier molecular flexibility index (Phi) is 10.5. The summed E-state index contributed by atoms with van der Waals surface area (Å²) in [6.07, 6.45) is 9.96. The second-order valence-electron chi connectivity index (χ2n) is 4.58. The van der Waals surface area contributed by atoms with E-state index < -0.39 is 5.97 Å². The van der Waals surface area contributed by atoms with Crippen molar-refractivity contribution >= 4 is 5.97 Å². The molecular formula is C13H26O3. The molecule has 0 fully saturated rings. The van der Waals surface area contributed by atoms with Gasteiger partial charge in [0.25, 0.3) is 0 Å². The molecule has 0 aliphatic heterocycles. The zero-order valence-electron chi connectivity index (χ0n) is 10.5. The number of unbranched alkanes of at least 4 members (excludes halogenated alkanes) is 7.